The third-order valence-electron chi connectivity index (χ3n) is 2.51. The molecule has 0 saturated carbocycles. The van der Waals surface area contributed by atoms with Crippen LogP contribution in [-0.2, 0) is 9.53 Å². The molecular weight excluding hydrogens is 192 g/mol. The number of methoxy groups -OCH3 is 1. The molecule has 1 atom stereocenters. The van der Waals surface area contributed by atoms with E-state index in [9.17, 15) is 4.79 Å². The van der Waals surface area contributed by atoms with E-state index in [0.717, 1.165) is 19.5 Å². The fraction of sp³-hybridized carbons (Fsp3) is 0.727. The van der Waals surface area contributed by atoms with Crippen molar-refractivity contribution in [3.63, 3.8) is 0 Å². The summed E-state index contributed by atoms with van der Waals surface area (Å²) in [6, 6.07) is 0. The molecule has 15 heavy (non-hydrogen) atoms. The van der Waals surface area contributed by atoms with Crippen LogP contribution in [0.3, 0.4) is 0 Å². The van der Waals surface area contributed by atoms with Crippen LogP contribution >= 0.6 is 0 Å². The van der Waals surface area contributed by atoms with Gasteiger partial charge in [-0.25, -0.2) is 0 Å². The van der Waals surface area contributed by atoms with E-state index in [1.54, 1.807) is 7.11 Å². The molecule has 4 nitrogen and oxygen atoms in total. The lowest BCUT2D eigenvalue weighted by Gasteiger charge is -2.16. The van der Waals surface area contributed by atoms with Gasteiger partial charge in [-0.3, -0.25) is 4.79 Å². The summed E-state index contributed by atoms with van der Waals surface area (Å²) >= 11 is 0. The Morgan fingerprint density at radius 3 is 3.13 bits per heavy atom. The first kappa shape index (κ1) is 12.2. The van der Waals surface area contributed by atoms with Gasteiger partial charge in [0.25, 0.3) is 0 Å². The highest BCUT2D eigenvalue weighted by Crippen LogP contribution is 2.03. The van der Waals surface area contributed by atoms with Crippen LogP contribution in [0.5, 0.6) is 0 Å². The van der Waals surface area contributed by atoms with E-state index >= 15 is 0 Å². The van der Waals surface area contributed by atoms with Crippen molar-refractivity contribution < 1.29 is 9.53 Å². The van der Waals surface area contributed by atoms with E-state index < -0.39 is 0 Å². The predicted octanol–water partition coefficient (Wildman–Crippen LogP) is 0.305. The predicted molar refractivity (Wildman–Crippen MR) is 59.6 cm³/mol. The van der Waals surface area contributed by atoms with Crippen LogP contribution in [0.15, 0.2) is 11.6 Å². The Hall–Kier alpha value is -0.870. The van der Waals surface area contributed by atoms with Gasteiger partial charge < -0.3 is 15.4 Å². The standard InChI is InChI=1S/C11H20N2O2/c1-9(8-15-2)11(14)13-7-10-3-5-12-6-4-10/h3,9,12H,4-8H2,1-2H3,(H,13,14). The van der Waals surface area contributed by atoms with Gasteiger partial charge in [-0.2, -0.15) is 0 Å². The lowest BCUT2D eigenvalue weighted by molar-refractivity contribution is -0.125. The van der Waals surface area contributed by atoms with Gasteiger partial charge in [-0.05, 0) is 13.0 Å². The van der Waals surface area contributed by atoms with Crippen molar-refractivity contribution >= 4 is 5.91 Å². The fourth-order valence-corrected chi connectivity index (χ4v) is 1.53. The van der Waals surface area contributed by atoms with Crippen LogP contribution < -0.4 is 10.6 Å². The molecule has 1 rings (SSSR count). The van der Waals surface area contributed by atoms with Gasteiger partial charge in [0, 0.05) is 20.2 Å². The van der Waals surface area contributed by atoms with Crippen LogP contribution in [0.2, 0.25) is 0 Å². The zero-order valence-electron chi connectivity index (χ0n) is 9.51. The summed E-state index contributed by atoms with van der Waals surface area (Å²) in [6.07, 6.45) is 3.17. The maximum Gasteiger partial charge on any atom is 0.225 e. The van der Waals surface area contributed by atoms with Gasteiger partial charge in [0.2, 0.25) is 5.91 Å². The second-order valence-corrected chi connectivity index (χ2v) is 3.89. The van der Waals surface area contributed by atoms with Gasteiger partial charge in [0.05, 0.1) is 12.5 Å². The van der Waals surface area contributed by atoms with E-state index in [1.807, 2.05) is 6.92 Å². The summed E-state index contributed by atoms with van der Waals surface area (Å²) < 4.78 is 4.93. The molecule has 1 amide bonds. The average Bonchev–Trinajstić information content (AvgIpc) is 2.27. The van der Waals surface area contributed by atoms with Crippen LogP contribution in [0.25, 0.3) is 0 Å². The molecule has 0 aromatic heterocycles. The average molecular weight is 212 g/mol. The van der Waals surface area contributed by atoms with Gasteiger partial charge in [0.1, 0.15) is 0 Å². The van der Waals surface area contributed by atoms with Gasteiger partial charge in [0.15, 0.2) is 0 Å². The highest BCUT2D eigenvalue weighted by molar-refractivity contribution is 5.78. The quantitative estimate of drug-likeness (QED) is 0.645. The Bertz CT molecular complexity index is 239. The summed E-state index contributed by atoms with van der Waals surface area (Å²) in [6.45, 7) is 4.95. The Morgan fingerprint density at radius 1 is 1.73 bits per heavy atom. The van der Waals surface area contributed by atoms with Crippen molar-refractivity contribution in [1.29, 1.82) is 0 Å². The van der Waals surface area contributed by atoms with Crippen molar-refractivity contribution in [1.82, 2.24) is 10.6 Å². The molecule has 4 heteroatoms. The van der Waals surface area contributed by atoms with Crippen molar-refractivity contribution in [2.24, 2.45) is 5.92 Å². The summed E-state index contributed by atoms with van der Waals surface area (Å²) in [4.78, 5) is 11.5. The summed E-state index contributed by atoms with van der Waals surface area (Å²) in [7, 11) is 1.61. The smallest absolute Gasteiger partial charge is 0.225 e. The van der Waals surface area contributed by atoms with E-state index in [2.05, 4.69) is 16.7 Å². The first-order valence-corrected chi connectivity index (χ1v) is 5.39. The number of hydrogen-bond acceptors (Lipinski definition) is 3. The number of nitrogens with one attached hydrogen (secondary N) is 2. The molecule has 1 heterocycles. The molecule has 0 aromatic carbocycles. The first-order valence-electron chi connectivity index (χ1n) is 5.39. The molecule has 0 aliphatic carbocycles. The normalized spacial score (nSPS) is 18.1. The second-order valence-electron chi connectivity index (χ2n) is 3.89. The van der Waals surface area contributed by atoms with E-state index in [1.165, 1.54) is 5.57 Å². The monoisotopic (exact) mass is 212 g/mol. The van der Waals surface area contributed by atoms with Crippen LogP contribution in [0, 0.1) is 5.92 Å². The number of carbonyl (C=O) groups is 1. The lowest BCUT2D eigenvalue weighted by Crippen LogP contribution is -2.34. The molecule has 86 valence electrons. The van der Waals surface area contributed by atoms with Crippen LogP contribution in [-0.4, -0.2) is 39.3 Å². The third kappa shape index (κ3) is 4.44. The third-order valence-corrected chi connectivity index (χ3v) is 2.51. The Morgan fingerprint density at radius 2 is 2.53 bits per heavy atom. The summed E-state index contributed by atoms with van der Waals surface area (Å²) in [5.74, 6) is -0.00593. The summed E-state index contributed by atoms with van der Waals surface area (Å²) in [5.41, 5.74) is 1.31. The van der Waals surface area contributed by atoms with E-state index in [-0.39, 0.29) is 11.8 Å². The van der Waals surface area contributed by atoms with Crippen molar-refractivity contribution in [2.75, 3.05) is 33.4 Å². The molecule has 0 radical (unpaired) electrons. The number of ether oxygens (including phenoxy) is 1. The molecule has 0 fully saturated rings. The molecule has 0 saturated heterocycles. The van der Waals surface area contributed by atoms with Gasteiger partial charge in [-0.15, -0.1) is 0 Å². The maximum absolute atomic E-state index is 11.5. The number of rotatable bonds is 5. The van der Waals surface area contributed by atoms with E-state index in [0.29, 0.717) is 13.2 Å². The van der Waals surface area contributed by atoms with Crippen molar-refractivity contribution in [2.45, 2.75) is 13.3 Å². The first-order chi connectivity index (χ1) is 7.24. The molecule has 1 aliphatic rings. The zero-order valence-corrected chi connectivity index (χ0v) is 9.51. The second kappa shape index (κ2) is 6.58. The highest BCUT2D eigenvalue weighted by atomic mass is 16.5. The lowest BCUT2D eigenvalue weighted by atomic mass is 10.1. The van der Waals surface area contributed by atoms with Gasteiger partial charge in [-0.1, -0.05) is 18.6 Å². The zero-order chi connectivity index (χ0) is 11.1. The highest BCUT2D eigenvalue weighted by Gasteiger charge is 2.12. The Balaban J connectivity index is 2.23. The van der Waals surface area contributed by atoms with Crippen molar-refractivity contribution in [3.05, 3.63) is 11.6 Å². The largest absolute Gasteiger partial charge is 0.384 e. The maximum atomic E-state index is 11.5. The number of hydrogen-bond donors (Lipinski definition) is 2. The summed E-state index contributed by atoms with van der Waals surface area (Å²) in [5, 5.41) is 6.16. The van der Waals surface area contributed by atoms with E-state index in [4.69, 9.17) is 4.74 Å². The molecule has 2 N–H and O–H groups in total. The van der Waals surface area contributed by atoms with Crippen LogP contribution in [0.4, 0.5) is 0 Å². The number of amides is 1. The number of carbonyl (C=O) groups excluding carboxylic acids is 1. The fourth-order valence-electron chi connectivity index (χ4n) is 1.53. The topological polar surface area (TPSA) is 50.4 Å². The molecule has 0 spiro atoms. The van der Waals surface area contributed by atoms with Gasteiger partial charge >= 0.3 is 0 Å². The minimum absolute atomic E-state index is 0.0660. The Labute approximate surface area is 91.1 Å². The minimum atomic E-state index is -0.0719. The van der Waals surface area contributed by atoms with Crippen molar-refractivity contribution in [3.8, 4) is 0 Å². The molecule has 0 bridgehead atoms. The Kier molecular flexibility index (Phi) is 5.36. The van der Waals surface area contributed by atoms with Crippen LogP contribution in [0.1, 0.15) is 13.3 Å². The minimum Gasteiger partial charge on any atom is -0.384 e. The molecule has 1 unspecified atom stereocenters. The SMILES string of the molecule is COCC(C)C(=O)NCC1=CCNCC1. The molecular formula is C11H20N2O2. The molecule has 0 aromatic rings. The molecule has 1 aliphatic heterocycles.